The zero-order valence-electron chi connectivity index (χ0n) is 10.6. The molecule has 0 bridgehead atoms. The highest BCUT2D eigenvalue weighted by molar-refractivity contribution is 5.69. The van der Waals surface area contributed by atoms with Gasteiger partial charge in [-0.15, -0.1) is 0 Å². The van der Waals surface area contributed by atoms with E-state index < -0.39 is 5.60 Å². The standard InChI is InChI=1S/C12H19N3O2/c1-12(2,3)17-11(16)15-6-4-5-10(15)9-7-13-14-8-9/h7-8,10H,4-6H2,1-3H3,(H,13,14)/t10-/m0/s1. The van der Waals surface area contributed by atoms with E-state index in [4.69, 9.17) is 4.74 Å². The van der Waals surface area contributed by atoms with Gasteiger partial charge in [-0.25, -0.2) is 4.79 Å². The van der Waals surface area contributed by atoms with Crippen molar-refractivity contribution in [3.8, 4) is 0 Å². The first-order chi connectivity index (χ1) is 7.97. The number of amides is 1. The fraction of sp³-hybridized carbons (Fsp3) is 0.667. The molecule has 1 atom stereocenters. The lowest BCUT2D eigenvalue weighted by Gasteiger charge is -2.28. The molecule has 2 rings (SSSR count). The van der Waals surface area contributed by atoms with E-state index in [0.29, 0.717) is 0 Å². The molecule has 0 radical (unpaired) electrons. The molecule has 17 heavy (non-hydrogen) atoms. The summed E-state index contributed by atoms with van der Waals surface area (Å²) < 4.78 is 5.41. The smallest absolute Gasteiger partial charge is 0.410 e. The Balaban J connectivity index is 2.07. The van der Waals surface area contributed by atoms with Crippen molar-refractivity contribution in [2.75, 3.05) is 6.54 Å². The van der Waals surface area contributed by atoms with Crippen LogP contribution in [0.1, 0.15) is 45.2 Å². The van der Waals surface area contributed by atoms with Crippen molar-refractivity contribution < 1.29 is 9.53 Å². The number of rotatable bonds is 1. The van der Waals surface area contributed by atoms with E-state index in [1.807, 2.05) is 27.0 Å². The quantitative estimate of drug-likeness (QED) is 0.816. The second-order valence-electron chi connectivity index (χ2n) is 5.36. The van der Waals surface area contributed by atoms with Crippen molar-refractivity contribution in [1.29, 1.82) is 0 Å². The summed E-state index contributed by atoms with van der Waals surface area (Å²) in [4.78, 5) is 13.8. The molecule has 0 aliphatic carbocycles. The highest BCUT2D eigenvalue weighted by Crippen LogP contribution is 2.32. The molecule has 94 valence electrons. The first-order valence-electron chi connectivity index (χ1n) is 5.96. The zero-order chi connectivity index (χ0) is 12.5. The molecular weight excluding hydrogens is 218 g/mol. The molecule has 1 aliphatic rings. The number of H-pyrrole nitrogens is 1. The van der Waals surface area contributed by atoms with Gasteiger partial charge in [0.2, 0.25) is 0 Å². The third-order valence-corrected chi connectivity index (χ3v) is 2.78. The summed E-state index contributed by atoms with van der Waals surface area (Å²) in [7, 11) is 0. The molecule has 5 heteroatoms. The zero-order valence-corrected chi connectivity index (χ0v) is 10.6. The van der Waals surface area contributed by atoms with Gasteiger partial charge in [-0.1, -0.05) is 0 Å². The van der Waals surface area contributed by atoms with Gasteiger partial charge in [-0.05, 0) is 33.6 Å². The molecule has 1 saturated heterocycles. The molecular formula is C12H19N3O2. The maximum absolute atomic E-state index is 12.0. The molecule has 1 aromatic rings. The number of aromatic amines is 1. The highest BCUT2D eigenvalue weighted by atomic mass is 16.6. The monoisotopic (exact) mass is 237 g/mol. The lowest BCUT2D eigenvalue weighted by Crippen LogP contribution is -2.36. The maximum Gasteiger partial charge on any atom is 0.410 e. The summed E-state index contributed by atoms with van der Waals surface area (Å²) >= 11 is 0. The van der Waals surface area contributed by atoms with Crippen LogP contribution in [0.3, 0.4) is 0 Å². The predicted molar refractivity (Wildman–Crippen MR) is 63.5 cm³/mol. The maximum atomic E-state index is 12.0. The van der Waals surface area contributed by atoms with E-state index >= 15 is 0 Å². The minimum atomic E-state index is -0.444. The second-order valence-corrected chi connectivity index (χ2v) is 5.36. The fourth-order valence-corrected chi connectivity index (χ4v) is 2.10. The van der Waals surface area contributed by atoms with Crippen molar-refractivity contribution >= 4 is 6.09 Å². The Morgan fingerprint density at radius 2 is 2.35 bits per heavy atom. The summed E-state index contributed by atoms with van der Waals surface area (Å²) in [6.45, 7) is 6.40. The third kappa shape index (κ3) is 2.78. The Kier molecular flexibility index (Phi) is 3.09. The summed E-state index contributed by atoms with van der Waals surface area (Å²) in [5.41, 5.74) is 0.606. The normalized spacial score (nSPS) is 20.6. The SMILES string of the molecule is CC(C)(C)OC(=O)N1CCC[C@H]1c1cn[nH]c1. The number of carbonyl (C=O) groups excluding carboxylic acids is 1. The lowest BCUT2D eigenvalue weighted by atomic mass is 10.1. The van der Waals surface area contributed by atoms with Gasteiger partial charge in [0.1, 0.15) is 5.60 Å². The Morgan fingerprint density at radius 3 is 2.94 bits per heavy atom. The second kappa shape index (κ2) is 4.39. The van der Waals surface area contributed by atoms with E-state index in [0.717, 1.165) is 24.9 Å². The predicted octanol–water partition coefficient (Wildman–Crippen LogP) is 2.48. The first kappa shape index (κ1) is 12.0. The van der Waals surface area contributed by atoms with Gasteiger partial charge in [-0.3, -0.25) is 5.10 Å². The van der Waals surface area contributed by atoms with Gasteiger partial charge >= 0.3 is 6.09 Å². The Hall–Kier alpha value is -1.52. The van der Waals surface area contributed by atoms with Gasteiger partial charge in [0.05, 0.1) is 12.2 Å². The Labute approximate surface area is 101 Å². The summed E-state index contributed by atoms with van der Waals surface area (Å²) in [5.74, 6) is 0. The van der Waals surface area contributed by atoms with Crippen LogP contribution in [0.5, 0.6) is 0 Å². The number of ether oxygens (including phenoxy) is 1. The van der Waals surface area contributed by atoms with E-state index in [1.54, 1.807) is 11.1 Å². The van der Waals surface area contributed by atoms with Gasteiger partial charge < -0.3 is 9.64 Å². The Morgan fingerprint density at radius 1 is 1.59 bits per heavy atom. The largest absolute Gasteiger partial charge is 0.444 e. The molecule has 1 N–H and O–H groups in total. The number of carbonyl (C=O) groups is 1. The average molecular weight is 237 g/mol. The molecule has 0 spiro atoms. The van der Waals surface area contributed by atoms with Crippen LogP contribution in [0.2, 0.25) is 0 Å². The van der Waals surface area contributed by atoms with Crippen LogP contribution in [0.4, 0.5) is 4.79 Å². The van der Waals surface area contributed by atoms with Gasteiger partial charge in [0, 0.05) is 18.3 Å². The molecule has 2 heterocycles. The van der Waals surface area contributed by atoms with Crippen molar-refractivity contribution in [3.63, 3.8) is 0 Å². The van der Waals surface area contributed by atoms with Gasteiger partial charge in [-0.2, -0.15) is 5.10 Å². The molecule has 0 aromatic carbocycles. The van der Waals surface area contributed by atoms with Crippen molar-refractivity contribution in [1.82, 2.24) is 15.1 Å². The van der Waals surface area contributed by atoms with Crippen LogP contribution < -0.4 is 0 Å². The van der Waals surface area contributed by atoms with Crippen LogP contribution in [-0.4, -0.2) is 33.3 Å². The molecule has 0 saturated carbocycles. The molecule has 5 nitrogen and oxygen atoms in total. The number of aromatic nitrogens is 2. The highest BCUT2D eigenvalue weighted by Gasteiger charge is 2.33. The van der Waals surface area contributed by atoms with Crippen LogP contribution in [-0.2, 0) is 4.74 Å². The molecule has 1 fully saturated rings. The summed E-state index contributed by atoms with van der Waals surface area (Å²) in [6.07, 6.45) is 5.36. The van der Waals surface area contributed by atoms with Crippen LogP contribution in [0.15, 0.2) is 12.4 Å². The van der Waals surface area contributed by atoms with E-state index in [9.17, 15) is 4.79 Å². The summed E-state index contributed by atoms with van der Waals surface area (Å²) in [6, 6.07) is 0.101. The van der Waals surface area contributed by atoms with Crippen LogP contribution in [0, 0.1) is 0 Å². The number of nitrogens with zero attached hydrogens (tertiary/aromatic N) is 2. The molecule has 1 aromatic heterocycles. The lowest BCUT2D eigenvalue weighted by molar-refractivity contribution is 0.0224. The number of likely N-dealkylation sites (tertiary alicyclic amines) is 1. The fourth-order valence-electron chi connectivity index (χ4n) is 2.10. The third-order valence-electron chi connectivity index (χ3n) is 2.78. The average Bonchev–Trinajstić information content (AvgIpc) is 2.85. The van der Waals surface area contributed by atoms with Crippen LogP contribution in [0.25, 0.3) is 0 Å². The number of hydrogen-bond donors (Lipinski definition) is 1. The molecule has 1 amide bonds. The first-order valence-corrected chi connectivity index (χ1v) is 5.96. The molecule has 1 aliphatic heterocycles. The molecule has 0 unspecified atom stereocenters. The van der Waals surface area contributed by atoms with Crippen molar-refractivity contribution in [2.45, 2.75) is 45.3 Å². The number of nitrogens with one attached hydrogen (secondary N) is 1. The van der Waals surface area contributed by atoms with E-state index in [-0.39, 0.29) is 12.1 Å². The topological polar surface area (TPSA) is 58.2 Å². The minimum absolute atomic E-state index is 0.101. The van der Waals surface area contributed by atoms with Crippen LogP contribution >= 0.6 is 0 Å². The van der Waals surface area contributed by atoms with E-state index in [2.05, 4.69) is 10.2 Å². The minimum Gasteiger partial charge on any atom is -0.444 e. The van der Waals surface area contributed by atoms with Crippen molar-refractivity contribution in [3.05, 3.63) is 18.0 Å². The van der Waals surface area contributed by atoms with Crippen molar-refractivity contribution in [2.24, 2.45) is 0 Å². The van der Waals surface area contributed by atoms with E-state index in [1.165, 1.54) is 0 Å². The summed E-state index contributed by atoms with van der Waals surface area (Å²) in [5, 5.41) is 6.72. The Bertz CT molecular complexity index is 381. The van der Waals surface area contributed by atoms with Gasteiger partial charge in [0.25, 0.3) is 0 Å². The van der Waals surface area contributed by atoms with Gasteiger partial charge in [0.15, 0.2) is 0 Å². The number of hydrogen-bond acceptors (Lipinski definition) is 3.